The minimum atomic E-state index is -0.615. The lowest BCUT2D eigenvalue weighted by Gasteiger charge is -2.32. The summed E-state index contributed by atoms with van der Waals surface area (Å²) in [5, 5.41) is 18.4. The van der Waals surface area contributed by atoms with Crippen LogP contribution in [-0.2, 0) is 4.74 Å². The average Bonchev–Trinajstić information content (AvgIpc) is 2.27. The lowest BCUT2D eigenvalue weighted by molar-refractivity contribution is -0.123. The summed E-state index contributed by atoms with van der Waals surface area (Å²) in [6, 6.07) is 0. The molecule has 0 aromatic rings. The molecule has 0 aromatic heterocycles. The van der Waals surface area contributed by atoms with Crippen LogP contribution in [0.2, 0.25) is 0 Å². The molecule has 4 heteroatoms. The van der Waals surface area contributed by atoms with Gasteiger partial charge < -0.3 is 14.9 Å². The Labute approximate surface area is 79.1 Å². The molecule has 0 spiro atoms. The van der Waals surface area contributed by atoms with E-state index in [4.69, 9.17) is 4.74 Å². The molecule has 1 rings (SSSR count). The van der Waals surface area contributed by atoms with Crippen LogP contribution in [0.25, 0.3) is 0 Å². The second-order valence-corrected chi connectivity index (χ2v) is 4.02. The summed E-state index contributed by atoms with van der Waals surface area (Å²) >= 11 is 0. The van der Waals surface area contributed by atoms with Crippen molar-refractivity contribution in [2.24, 2.45) is 0 Å². The molecule has 1 aliphatic rings. The van der Waals surface area contributed by atoms with E-state index in [1.807, 2.05) is 18.7 Å². The van der Waals surface area contributed by atoms with Gasteiger partial charge in [0.15, 0.2) is 0 Å². The van der Waals surface area contributed by atoms with Gasteiger partial charge in [-0.1, -0.05) is 0 Å². The Morgan fingerprint density at radius 1 is 1.69 bits per heavy atom. The maximum Gasteiger partial charge on any atom is 0.142 e. The number of rotatable bonds is 3. The van der Waals surface area contributed by atoms with E-state index >= 15 is 0 Å². The van der Waals surface area contributed by atoms with Crippen molar-refractivity contribution in [1.82, 2.24) is 4.90 Å². The Morgan fingerprint density at radius 2 is 2.31 bits per heavy atom. The van der Waals surface area contributed by atoms with Crippen LogP contribution in [0, 0.1) is 0 Å². The highest BCUT2D eigenvalue weighted by atomic mass is 16.6. The molecule has 1 heterocycles. The van der Waals surface area contributed by atoms with Gasteiger partial charge in [-0.05, 0) is 20.8 Å². The lowest BCUT2D eigenvalue weighted by atomic mass is 10.2. The maximum absolute atomic E-state index is 9.25. The molecule has 0 aliphatic carbocycles. The number of ether oxygens (including phenoxy) is 1. The van der Waals surface area contributed by atoms with Crippen molar-refractivity contribution in [3.05, 3.63) is 0 Å². The van der Waals surface area contributed by atoms with Crippen molar-refractivity contribution in [1.29, 1.82) is 0 Å². The molecule has 0 saturated carbocycles. The van der Waals surface area contributed by atoms with Crippen LogP contribution in [0.3, 0.4) is 0 Å². The highest BCUT2D eigenvalue weighted by Gasteiger charge is 2.41. The average molecular weight is 189 g/mol. The summed E-state index contributed by atoms with van der Waals surface area (Å²) in [7, 11) is 0. The third-order valence-corrected chi connectivity index (χ3v) is 2.38. The number of aliphatic hydroxyl groups is 2. The van der Waals surface area contributed by atoms with Crippen LogP contribution in [0.15, 0.2) is 0 Å². The molecule has 0 radical (unpaired) electrons. The molecule has 0 aromatic carbocycles. The summed E-state index contributed by atoms with van der Waals surface area (Å²) in [5.41, 5.74) is -0.615. The third-order valence-electron chi connectivity index (χ3n) is 2.38. The number of aliphatic hydroxyl groups excluding tert-OH is 2. The van der Waals surface area contributed by atoms with Gasteiger partial charge in [0.2, 0.25) is 0 Å². The van der Waals surface area contributed by atoms with E-state index in [9.17, 15) is 10.2 Å². The first-order valence-electron chi connectivity index (χ1n) is 4.70. The van der Waals surface area contributed by atoms with Crippen LogP contribution in [0.1, 0.15) is 20.8 Å². The van der Waals surface area contributed by atoms with Crippen molar-refractivity contribution in [2.75, 3.05) is 19.7 Å². The van der Waals surface area contributed by atoms with E-state index in [1.165, 1.54) is 0 Å². The van der Waals surface area contributed by atoms with Crippen molar-refractivity contribution >= 4 is 0 Å². The fourth-order valence-electron chi connectivity index (χ4n) is 1.77. The first-order chi connectivity index (χ1) is 5.98. The Morgan fingerprint density at radius 3 is 2.77 bits per heavy atom. The fourth-order valence-corrected chi connectivity index (χ4v) is 1.77. The topological polar surface area (TPSA) is 52.9 Å². The van der Waals surface area contributed by atoms with Crippen molar-refractivity contribution in [3.63, 3.8) is 0 Å². The summed E-state index contributed by atoms with van der Waals surface area (Å²) in [6.07, 6.45) is -0.268. The molecule has 2 N–H and O–H groups in total. The van der Waals surface area contributed by atoms with Gasteiger partial charge in [-0.15, -0.1) is 0 Å². The Hall–Kier alpha value is -0.160. The fraction of sp³-hybridized carbons (Fsp3) is 1.00. The Bertz CT molecular complexity index is 174. The van der Waals surface area contributed by atoms with Crippen LogP contribution < -0.4 is 0 Å². The predicted molar refractivity (Wildman–Crippen MR) is 49.3 cm³/mol. The van der Waals surface area contributed by atoms with Gasteiger partial charge in [-0.25, -0.2) is 0 Å². The second kappa shape index (κ2) is 3.92. The normalized spacial score (nSPS) is 38.1. The molecule has 1 fully saturated rings. The minimum Gasteiger partial charge on any atom is -0.392 e. The maximum atomic E-state index is 9.25. The van der Waals surface area contributed by atoms with Gasteiger partial charge >= 0.3 is 0 Å². The number of hydrogen-bond donors (Lipinski definition) is 2. The monoisotopic (exact) mass is 189 g/mol. The Balaban J connectivity index is 2.61. The summed E-state index contributed by atoms with van der Waals surface area (Å²) in [6.45, 7) is 6.82. The largest absolute Gasteiger partial charge is 0.392 e. The van der Waals surface area contributed by atoms with Gasteiger partial charge in [0, 0.05) is 13.1 Å². The second-order valence-electron chi connectivity index (χ2n) is 4.02. The van der Waals surface area contributed by atoms with Gasteiger partial charge in [0.25, 0.3) is 0 Å². The summed E-state index contributed by atoms with van der Waals surface area (Å²) in [4.78, 5) is 1.97. The zero-order valence-electron chi connectivity index (χ0n) is 8.53. The van der Waals surface area contributed by atoms with Crippen LogP contribution >= 0.6 is 0 Å². The lowest BCUT2D eigenvalue weighted by Crippen LogP contribution is -2.48. The van der Waals surface area contributed by atoms with Crippen LogP contribution in [0.5, 0.6) is 0 Å². The van der Waals surface area contributed by atoms with E-state index in [2.05, 4.69) is 0 Å². The van der Waals surface area contributed by atoms with E-state index in [0.29, 0.717) is 6.54 Å². The standard InChI is InChI=1S/C9H19NO3/c1-7(12)4-10-5-8(2)13-9(10,3)6-11/h7-8,11-12H,4-6H2,1-3H3. The molecular weight excluding hydrogens is 170 g/mol. The van der Waals surface area contributed by atoms with E-state index in [1.54, 1.807) is 6.92 Å². The van der Waals surface area contributed by atoms with E-state index in [-0.39, 0.29) is 18.8 Å². The number of nitrogens with zero attached hydrogens (tertiary/aromatic N) is 1. The van der Waals surface area contributed by atoms with Gasteiger partial charge in [-0.3, -0.25) is 4.90 Å². The van der Waals surface area contributed by atoms with Gasteiger partial charge in [0.1, 0.15) is 5.72 Å². The molecule has 3 unspecified atom stereocenters. The van der Waals surface area contributed by atoms with E-state index in [0.717, 1.165) is 6.54 Å². The molecular formula is C9H19NO3. The molecule has 0 bridgehead atoms. The van der Waals surface area contributed by atoms with Crippen molar-refractivity contribution in [2.45, 2.75) is 38.7 Å². The molecule has 1 aliphatic heterocycles. The highest BCUT2D eigenvalue weighted by molar-refractivity contribution is 4.86. The molecule has 1 saturated heterocycles. The van der Waals surface area contributed by atoms with Crippen LogP contribution in [0.4, 0.5) is 0 Å². The zero-order chi connectivity index (χ0) is 10.1. The van der Waals surface area contributed by atoms with Crippen molar-refractivity contribution < 1.29 is 14.9 Å². The molecule has 4 nitrogen and oxygen atoms in total. The molecule has 78 valence electrons. The summed E-state index contributed by atoms with van der Waals surface area (Å²) in [5.74, 6) is 0. The third kappa shape index (κ3) is 2.40. The van der Waals surface area contributed by atoms with E-state index < -0.39 is 5.72 Å². The first-order valence-corrected chi connectivity index (χ1v) is 4.70. The molecule has 0 amide bonds. The van der Waals surface area contributed by atoms with Gasteiger partial charge in [0.05, 0.1) is 18.8 Å². The molecule has 13 heavy (non-hydrogen) atoms. The SMILES string of the molecule is CC(O)CN1CC(C)OC1(C)CO. The first kappa shape index (κ1) is 10.9. The highest BCUT2D eigenvalue weighted by Crippen LogP contribution is 2.26. The Kier molecular flexibility index (Phi) is 3.29. The van der Waals surface area contributed by atoms with Crippen LogP contribution in [-0.4, -0.2) is 52.7 Å². The quantitative estimate of drug-likeness (QED) is 0.645. The minimum absolute atomic E-state index is 0.0376. The predicted octanol–water partition coefficient (Wildman–Crippen LogP) is -0.204. The number of hydrogen-bond acceptors (Lipinski definition) is 4. The van der Waals surface area contributed by atoms with Crippen molar-refractivity contribution in [3.8, 4) is 0 Å². The summed E-state index contributed by atoms with van der Waals surface area (Å²) < 4.78 is 5.58. The molecule has 3 atom stereocenters. The smallest absolute Gasteiger partial charge is 0.142 e. The zero-order valence-corrected chi connectivity index (χ0v) is 8.53. The number of β-amino-alcohol motifs (C(OH)–C–C–N with tert-alkyl or cyclic N) is 1. The van der Waals surface area contributed by atoms with Gasteiger partial charge in [-0.2, -0.15) is 0 Å².